The number of benzene rings is 1. The molecule has 0 aliphatic heterocycles. The monoisotopic (exact) mass is 478 g/mol. The van der Waals surface area contributed by atoms with Crippen molar-refractivity contribution < 1.29 is 22.7 Å². The number of anilines is 3. The van der Waals surface area contributed by atoms with E-state index in [2.05, 4.69) is 47.8 Å². The van der Waals surface area contributed by atoms with E-state index in [1.807, 2.05) is 6.92 Å². The highest BCUT2D eigenvalue weighted by Crippen LogP contribution is 2.26. The summed E-state index contributed by atoms with van der Waals surface area (Å²) in [7, 11) is 1.72. The van der Waals surface area contributed by atoms with Crippen LogP contribution in [0.4, 0.5) is 30.6 Å². The third-order valence-electron chi connectivity index (χ3n) is 4.48. The number of alkyl halides is 3. The molecule has 0 spiro atoms. The first kappa shape index (κ1) is 26.7. The molecule has 0 saturated carbocycles. The molecular formula is C23H29F3N6O2. The fourth-order valence-corrected chi connectivity index (χ4v) is 2.64. The van der Waals surface area contributed by atoms with E-state index in [4.69, 9.17) is 0 Å². The number of amides is 1. The Bertz CT molecular complexity index is 1000. The topological polar surface area (TPSA) is 100 Å². The van der Waals surface area contributed by atoms with E-state index in [0.717, 1.165) is 6.42 Å². The third-order valence-corrected chi connectivity index (χ3v) is 4.48. The maximum Gasteiger partial charge on any atom is 0.573 e. The lowest BCUT2D eigenvalue weighted by molar-refractivity contribution is -0.274. The van der Waals surface area contributed by atoms with Crippen molar-refractivity contribution in [3.63, 3.8) is 0 Å². The Morgan fingerprint density at radius 3 is 2.76 bits per heavy atom. The molecule has 2 aromatic rings. The molecule has 0 fully saturated rings. The van der Waals surface area contributed by atoms with E-state index in [0.29, 0.717) is 43.0 Å². The number of halogens is 3. The molecule has 1 atom stereocenters. The predicted octanol–water partition coefficient (Wildman–Crippen LogP) is 3.80. The molecule has 1 heterocycles. The number of ether oxygens (including phenoxy) is 1. The average molecular weight is 479 g/mol. The summed E-state index contributed by atoms with van der Waals surface area (Å²) < 4.78 is 41.3. The molecule has 1 amide bonds. The fraction of sp³-hybridized carbons (Fsp3) is 0.435. The lowest BCUT2D eigenvalue weighted by atomic mass is 10.2. The maximum absolute atomic E-state index is 12.5. The number of nitrogens with zero attached hydrogens (tertiary/aromatic N) is 2. The first-order chi connectivity index (χ1) is 16.2. The van der Waals surface area contributed by atoms with Crippen LogP contribution in [0.3, 0.4) is 0 Å². The number of hydrogen-bond donors (Lipinski definition) is 4. The Labute approximate surface area is 197 Å². The van der Waals surface area contributed by atoms with Gasteiger partial charge >= 0.3 is 6.36 Å². The summed E-state index contributed by atoms with van der Waals surface area (Å²) in [6, 6.07) is 5.18. The second-order valence-corrected chi connectivity index (χ2v) is 7.29. The molecule has 0 aliphatic carbocycles. The normalized spacial score (nSPS) is 11.7. The highest BCUT2D eigenvalue weighted by atomic mass is 19.4. The van der Waals surface area contributed by atoms with Gasteiger partial charge in [0, 0.05) is 31.3 Å². The first-order valence-corrected chi connectivity index (χ1v) is 10.9. The number of likely N-dealkylation sites (N-methyl/N-ethyl adjacent to an activating group) is 1. The standard InChI is InChI=1S/C23H29F3N6O2/c1-4-12-28-20-17(9-6-5-7-13-29-21(33)16(2)27-3)15-30-22(32-20)31-18-10-8-11-19(14-18)34-23(24,25)26/h8,10-11,14-16,27H,4-5,7,12-13H2,1-3H3,(H,29,33)(H2,28,30,31,32)/t16-/m0/s1. The van der Waals surface area contributed by atoms with Crippen LogP contribution in [0, 0.1) is 11.8 Å². The molecule has 0 unspecified atom stereocenters. The van der Waals surface area contributed by atoms with Crippen LogP contribution in [0.5, 0.6) is 5.75 Å². The number of carbonyl (C=O) groups is 1. The van der Waals surface area contributed by atoms with E-state index >= 15 is 0 Å². The highest BCUT2D eigenvalue weighted by molar-refractivity contribution is 5.81. The maximum atomic E-state index is 12.5. The SMILES string of the molecule is CCCNc1nc(Nc2cccc(OC(F)(F)F)c2)ncc1C#CCCCNC(=O)[C@H](C)NC. The second-order valence-electron chi connectivity index (χ2n) is 7.29. The van der Waals surface area contributed by atoms with Crippen molar-refractivity contribution in [1.29, 1.82) is 0 Å². The minimum absolute atomic E-state index is 0.0616. The van der Waals surface area contributed by atoms with Gasteiger partial charge in [-0.2, -0.15) is 4.98 Å². The van der Waals surface area contributed by atoms with Crippen LogP contribution in [0.1, 0.15) is 38.7 Å². The molecule has 34 heavy (non-hydrogen) atoms. The number of aromatic nitrogens is 2. The van der Waals surface area contributed by atoms with Crippen molar-refractivity contribution in [2.75, 3.05) is 30.8 Å². The van der Waals surface area contributed by atoms with Crippen LogP contribution in [0.2, 0.25) is 0 Å². The van der Waals surface area contributed by atoms with Gasteiger partial charge in [-0.3, -0.25) is 4.79 Å². The minimum Gasteiger partial charge on any atom is -0.406 e. The van der Waals surface area contributed by atoms with Crippen molar-refractivity contribution in [3.05, 3.63) is 36.0 Å². The Kier molecular flexibility index (Phi) is 10.4. The average Bonchev–Trinajstić information content (AvgIpc) is 2.79. The Morgan fingerprint density at radius 1 is 1.26 bits per heavy atom. The van der Waals surface area contributed by atoms with Crippen LogP contribution in [-0.2, 0) is 4.79 Å². The number of unbranched alkanes of at least 4 members (excludes halogenated alkanes) is 1. The summed E-state index contributed by atoms with van der Waals surface area (Å²) in [5, 5.41) is 11.8. The molecule has 0 radical (unpaired) electrons. The Balaban J connectivity index is 2.03. The Morgan fingerprint density at radius 2 is 2.06 bits per heavy atom. The number of nitrogens with one attached hydrogen (secondary N) is 4. The van der Waals surface area contributed by atoms with Crippen molar-refractivity contribution >= 4 is 23.4 Å². The van der Waals surface area contributed by atoms with Crippen molar-refractivity contribution in [1.82, 2.24) is 20.6 Å². The van der Waals surface area contributed by atoms with E-state index in [1.165, 1.54) is 18.2 Å². The molecule has 0 aliphatic rings. The van der Waals surface area contributed by atoms with E-state index < -0.39 is 6.36 Å². The summed E-state index contributed by atoms with van der Waals surface area (Å²) >= 11 is 0. The van der Waals surface area contributed by atoms with Crippen molar-refractivity contribution in [3.8, 4) is 17.6 Å². The zero-order valence-corrected chi connectivity index (χ0v) is 19.3. The zero-order chi connectivity index (χ0) is 25.0. The van der Waals surface area contributed by atoms with Gasteiger partial charge < -0.3 is 26.0 Å². The van der Waals surface area contributed by atoms with E-state index in [-0.39, 0.29) is 23.6 Å². The smallest absolute Gasteiger partial charge is 0.406 e. The van der Waals surface area contributed by atoms with Crippen LogP contribution in [0.15, 0.2) is 30.5 Å². The van der Waals surface area contributed by atoms with Crippen LogP contribution in [-0.4, -0.2) is 48.4 Å². The van der Waals surface area contributed by atoms with Gasteiger partial charge in [0.15, 0.2) is 0 Å². The van der Waals surface area contributed by atoms with Gasteiger partial charge in [0.2, 0.25) is 11.9 Å². The van der Waals surface area contributed by atoms with E-state index in [9.17, 15) is 18.0 Å². The fourth-order valence-electron chi connectivity index (χ4n) is 2.64. The number of carbonyl (C=O) groups excluding carboxylic acids is 1. The lowest BCUT2D eigenvalue weighted by Crippen LogP contribution is -2.40. The second kappa shape index (κ2) is 13.3. The molecule has 4 N–H and O–H groups in total. The molecule has 1 aromatic carbocycles. The summed E-state index contributed by atoms with van der Waals surface area (Å²) in [4.78, 5) is 20.4. The Hall–Kier alpha value is -3.52. The number of rotatable bonds is 11. The molecule has 0 saturated heterocycles. The largest absolute Gasteiger partial charge is 0.573 e. The van der Waals surface area contributed by atoms with Gasteiger partial charge in [-0.15, -0.1) is 13.2 Å². The van der Waals surface area contributed by atoms with Gasteiger partial charge in [0.25, 0.3) is 0 Å². The minimum atomic E-state index is -4.77. The molecule has 1 aromatic heterocycles. The van der Waals surface area contributed by atoms with Crippen LogP contribution < -0.4 is 26.0 Å². The molecule has 2 rings (SSSR count). The lowest BCUT2D eigenvalue weighted by Gasteiger charge is -2.12. The van der Waals surface area contributed by atoms with Gasteiger partial charge in [0.1, 0.15) is 11.6 Å². The first-order valence-electron chi connectivity index (χ1n) is 10.9. The van der Waals surface area contributed by atoms with E-state index in [1.54, 1.807) is 26.2 Å². The van der Waals surface area contributed by atoms with Gasteiger partial charge in [0.05, 0.1) is 17.8 Å². The molecule has 0 bridgehead atoms. The van der Waals surface area contributed by atoms with Crippen LogP contribution in [0.25, 0.3) is 0 Å². The predicted molar refractivity (Wildman–Crippen MR) is 125 cm³/mol. The van der Waals surface area contributed by atoms with Crippen LogP contribution >= 0.6 is 0 Å². The summed E-state index contributed by atoms with van der Waals surface area (Å²) in [5.41, 5.74) is 0.942. The molecule has 8 nitrogen and oxygen atoms in total. The quantitative estimate of drug-likeness (QED) is 0.288. The molecule has 184 valence electrons. The van der Waals surface area contributed by atoms with Crippen molar-refractivity contribution in [2.24, 2.45) is 0 Å². The molecule has 11 heteroatoms. The number of hydrogen-bond acceptors (Lipinski definition) is 7. The summed E-state index contributed by atoms with van der Waals surface area (Å²) in [5.74, 6) is 6.40. The summed E-state index contributed by atoms with van der Waals surface area (Å²) in [6.45, 7) is 4.98. The zero-order valence-electron chi connectivity index (χ0n) is 19.3. The molecular weight excluding hydrogens is 449 g/mol. The summed E-state index contributed by atoms with van der Waals surface area (Å²) in [6.07, 6.45) is -1.09. The third kappa shape index (κ3) is 9.54. The highest BCUT2D eigenvalue weighted by Gasteiger charge is 2.31. The van der Waals surface area contributed by atoms with Crippen molar-refractivity contribution in [2.45, 2.75) is 45.5 Å². The van der Waals surface area contributed by atoms with Gasteiger partial charge in [-0.05, 0) is 38.9 Å². The van der Waals surface area contributed by atoms with Gasteiger partial charge in [-0.1, -0.05) is 24.8 Å². The van der Waals surface area contributed by atoms with Gasteiger partial charge in [-0.25, -0.2) is 4.98 Å².